The van der Waals surface area contributed by atoms with Crippen LogP contribution >= 0.6 is 0 Å². The molecule has 4 nitrogen and oxygen atoms in total. The highest BCUT2D eigenvalue weighted by Crippen LogP contribution is 2.14. The number of rotatable bonds is 8. The number of morpholine rings is 1. The molecule has 2 unspecified atom stereocenters. The van der Waals surface area contributed by atoms with Gasteiger partial charge >= 0.3 is 0 Å². The van der Waals surface area contributed by atoms with Gasteiger partial charge in [-0.2, -0.15) is 0 Å². The lowest BCUT2D eigenvalue weighted by molar-refractivity contribution is -0.00121. The summed E-state index contributed by atoms with van der Waals surface area (Å²) in [6.45, 7) is 11.5. The van der Waals surface area contributed by atoms with E-state index in [0.717, 1.165) is 45.7 Å². The van der Waals surface area contributed by atoms with E-state index in [0.29, 0.717) is 6.04 Å². The first kappa shape index (κ1) is 15.9. The fourth-order valence-electron chi connectivity index (χ4n) is 2.57. The highest BCUT2D eigenvalue weighted by atomic mass is 16.5. The Kier molecular flexibility index (Phi) is 7.15. The van der Waals surface area contributed by atoms with E-state index in [-0.39, 0.29) is 12.1 Å². The zero-order valence-electron chi connectivity index (χ0n) is 12.2. The van der Waals surface area contributed by atoms with Crippen LogP contribution in [0.15, 0.2) is 0 Å². The number of ether oxygens (including phenoxy) is 1. The van der Waals surface area contributed by atoms with Gasteiger partial charge in [-0.25, -0.2) is 0 Å². The number of likely N-dealkylation sites (N-methyl/N-ethyl adjacent to an activating group) is 1. The molecule has 18 heavy (non-hydrogen) atoms. The van der Waals surface area contributed by atoms with E-state index in [1.807, 2.05) is 0 Å². The van der Waals surface area contributed by atoms with Crippen molar-refractivity contribution >= 4 is 0 Å². The topological polar surface area (TPSA) is 44.7 Å². The number of hydrogen-bond acceptors (Lipinski definition) is 4. The number of aliphatic hydroxyl groups excluding tert-OH is 1. The molecule has 1 aliphatic heterocycles. The number of nitrogens with one attached hydrogen (secondary N) is 1. The molecule has 0 aromatic carbocycles. The minimum atomic E-state index is -0.106. The van der Waals surface area contributed by atoms with Crippen molar-refractivity contribution in [2.45, 2.75) is 51.6 Å². The minimum Gasteiger partial charge on any atom is -0.394 e. The molecule has 0 aromatic rings. The Morgan fingerprint density at radius 3 is 2.83 bits per heavy atom. The zero-order chi connectivity index (χ0) is 13.4. The summed E-state index contributed by atoms with van der Waals surface area (Å²) in [5, 5.41) is 12.8. The molecule has 0 spiro atoms. The Balaban J connectivity index is 2.17. The van der Waals surface area contributed by atoms with Gasteiger partial charge in [0.05, 0.1) is 19.8 Å². The van der Waals surface area contributed by atoms with Crippen molar-refractivity contribution < 1.29 is 9.84 Å². The van der Waals surface area contributed by atoms with Gasteiger partial charge in [-0.05, 0) is 39.8 Å². The predicted molar refractivity (Wildman–Crippen MR) is 74.9 cm³/mol. The molecule has 0 aliphatic carbocycles. The molecule has 2 N–H and O–H groups in total. The summed E-state index contributed by atoms with van der Waals surface area (Å²) < 4.78 is 5.44. The third-order valence-corrected chi connectivity index (χ3v) is 3.88. The van der Waals surface area contributed by atoms with Gasteiger partial charge in [-0.3, -0.25) is 4.90 Å². The molecule has 1 heterocycles. The van der Waals surface area contributed by atoms with Crippen LogP contribution in [0, 0.1) is 0 Å². The molecule has 1 fully saturated rings. The first-order chi connectivity index (χ1) is 8.61. The highest BCUT2D eigenvalue weighted by Gasteiger charge is 2.22. The van der Waals surface area contributed by atoms with E-state index in [9.17, 15) is 5.11 Å². The summed E-state index contributed by atoms with van der Waals surface area (Å²) in [6.07, 6.45) is 3.40. The fourth-order valence-corrected chi connectivity index (χ4v) is 2.57. The second-order valence-corrected chi connectivity index (χ2v) is 5.67. The molecule has 4 heteroatoms. The van der Waals surface area contributed by atoms with E-state index in [4.69, 9.17) is 4.74 Å². The molecular weight excluding hydrogens is 228 g/mol. The maximum absolute atomic E-state index is 9.42. The van der Waals surface area contributed by atoms with E-state index in [2.05, 4.69) is 31.0 Å². The zero-order valence-corrected chi connectivity index (χ0v) is 12.2. The molecule has 1 saturated heterocycles. The van der Waals surface area contributed by atoms with Gasteiger partial charge in [0.25, 0.3) is 0 Å². The lowest BCUT2D eigenvalue weighted by Crippen LogP contribution is -2.46. The normalized spacial score (nSPS) is 25.0. The third-order valence-electron chi connectivity index (χ3n) is 3.88. The molecule has 1 rings (SSSR count). The van der Waals surface area contributed by atoms with Crippen LogP contribution in [0.25, 0.3) is 0 Å². The van der Waals surface area contributed by atoms with Crippen LogP contribution in [-0.4, -0.2) is 61.0 Å². The average Bonchev–Trinajstić information content (AvgIpc) is 2.37. The van der Waals surface area contributed by atoms with E-state index in [1.165, 1.54) is 6.42 Å². The maximum atomic E-state index is 9.42. The van der Waals surface area contributed by atoms with Crippen LogP contribution in [-0.2, 0) is 4.74 Å². The van der Waals surface area contributed by atoms with Crippen LogP contribution in [0.2, 0.25) is 0 Å². The molecule has 2 atom stereocenters. The van der Waals surface area contributed by atoms with Gasteiger partial charge in [0.2, 0.25) is 0 Å². The Hall–Kier alpha value is -0.160. The first-order valence-electron chi connectivity index (χ1n) is 7.29. The second kappa shape index (κ2) is 8.10. The van der Waals surface area contributed by atoms with Gasteiger partial charge in [0.15, 0.2) is 0 Å². The number of nitrogens with zero attached hydrogens (tertiary/aromatic N) is 1. The molecule has 0 saturated carbocycles. The van der Waals surface area contributed by atoms with Crippen molar-refractivity contribution in [1.29, 1.82) is 0 Å². The summed E-state index contributed by atoms with van der Waals surface area (Å²) in [5.74, 6) is 0. The first-order valence-corrected chi connectivity index (χ1v) is 7.29. The molecule has 0 aromatic heterocycles. The maximum Gasteiger partial charge on any atom is 0.0619 e. The second-order valence-electron chi connectivity index (χ2n) is 5.67. The average molecular weight is 258 g/mol. The van der Waals surface area contributed by atoms with Crippen LogP contribution in [0.5, 0.6) is 0 Å². The molecule has 0 bridgehead atoms. The SMILES string of the molecule is CCNC(C)(CO)CCCCN1CCOCC1C. The van der Waals surface area contributed by atoms with Crippen molar-refractivity contribution in [1.82, 2.24) is 10.2 Å². The van der Waals surface area contributed by atoms with Crippen molar-refractivity contribution in [3.8, 4) is 0 Å². The van der Waals surface area contributed by atoms with Crippen LogP contribution in [0.1, 0.15) is 40.0 Å². The van der Waals surface area contributed by atoms with Crippen molar-refractivity contribution in [2.24, 2.45) is 0 Å². The van der Waals surface area contributed by atoms with Crippen LogP contribution in [0.4, 0.5) is 0 Å². The highest BCUT2D eigenvalue weighted by molar-refractivity contribution is 4.81. The summed E-state index contributed by atoms with van der Waals surface area (Å²) in [5.41, 5.74) is -0.106. The van der Waals surface area contributed by atoms with Crippen molar-refractivity contribution in [2.75, 3.05) is 39.5 Å². The molecule has 1 aliphatic rings. The summed E-state index contributed by atoms with van der Waals surface area (Å²) in [6, 6.07) is 0.553. The number of hydrogen-bond donors (Lipinski definition) is 2. The van der Waals surface area contributed by atoms with Crippen molar-refractivity contribution in [3.63, 3.8) is 0 Å². The summed E-state index contributed by atoms with van der Waals surface area (Å²) in [7, 11) is 0. The monoisotopic (exact) mass is 258 g/mol. The fraction of sp³-hybridized carbons (Fsp3) is 1.00. The van der Waals surface area contributed by atoms with Crippen LogP contribution in [0.3, 0.4) is 0 Å². The lowest BCUT2D eigenvalue weighted by Gasteiger charge is -2.33. The van der Waals surface area contributed by atoms with Gasteiger partial charge in [-0.1, -0.05) is 13.3 Å². The quantitative estimate of drug-likeness (QED) is 0.643. The van der Waals surface area contributed by atoms with Gasteiger partial charge in [0.1, 0.15) is 0 Å². The van der Waals surface area contributed by atoms with E-state index in [1.54, 1.807) is 0 Å². The molecular formula is C14H30N2O2. The molecule has 108 valence electrons. The largest absolute Gasteiger partial charge is 0.394 e. The van der Waals surface area contributed by atoms with Gasteiger partial charge in [-0.15, -0.1) is 0 Å². The smallest absolute Gasteiger partial charge is 0.0619 e. The molecule has 0 radical (unpaired) electrons. The number of aliphatic hydroxyl groups is 1. The minimum absolute atomic E-state index is 0.106. The van der Waals surface area contributed by atoms with Gasteiger partial charge in [0, 0.05) is 18.1 Å². The van der Waals surface area contributed by atoms with Gasteiger partial charge < -0.3 is 15.2 Å². The molecule has 0 amide bonds. The van der Waals surface area contributed by atoms with Crippen LogP contribution < -0.4 is 5.32 Å². The van der Waals surface area contributed by atoms with E-state index < -0.39 is 0 Å². The third kappa shape index (κ3) is 5.22. The standard InChI is InChI=1S/C14H30N2O2/c1-4-15-14(3,12-17)7-5-6-8-16-9-10-18-11-13(16)2/h13,15,17H,4-12H2,1-3H3. The predicted octanol–water partition coefficient (Wildman–Crippen LogP) is 1.24. The Morgan fingerprint density at radius 2 is 2.22 bits per heavy atom. The Labute approximate surface area is 112 Å². The number of unbranched alkanes of at least 4 members (excludes halogenated alkanes) is 1. The Bertz CT molecular complexity index is 226. The lowest BCUT2D eigenvalue weighted by atomic mass is 9.95. The Morgan fingerprint density at radius 1 is 1.44 bits per heavy atom. The summed E-state index contributed by atoms with van der Waals surface area (Å²) >= 11 is 0. The van der Waals surface area contributed by atoms with E-state index >= 15 is 0 Å². The van der Waals surface area contributed by atoms with Crippen molar-refractivity contribution in [3.05, 3.63) is 0 Å². The summed E-state index contributed by atoms with van der Waals surface area (Å²) in [4.78, 5) is 2.51.